The SMILES string of the molecule is NC(=O)[C@H](NCc1cnc(N2CCCC2)nc1)c1ccccc1. The van der Waals surface area contributed by atoms with Crippen molar-refractivity contribution in [1.82, 2.24) is 15.3 Å². The van der Waals surface area contributed by atoms with E-state index in [1.807, 2.05) is 30.3 Å². The molecule has 0 unspecified atom stereocenters. The molecular formula is C17H21N5O. The Morgan fingerprint density at radius 3 is 2.43 bits per heavy atom. The molecule has 0 saturated carbocycles. The Bertz CT molecular complexity index is 638. The van der Waals surface area contributed by atoms with Gasteiger partial charge in [-0.3, -0.25) is 10.1 Å². The van der Waals surface area contributed by atoms with Crippen LogP contribution < -0.4 is 16.0 Å². The standard InChI is InChI=1S/C17H21N5O/c18-16(23)15(14-6-2-1-3-7-14)19-10-13-11-20-17(21-12-13)22-8-4-5-9-22/h1-3,6-7,11-12,15,19H,4-5,8-10H2,(H2,18,23)/t15-/m1/s1. The predicted octanol–water partition coefficient (Wildman–Crippen LogP) is 1.39. The highest BCUT2D eigenvalue weighted by Crippen LogP contribution is 2.16. The molecule has 1 aromatic carbocycles. The topological polar surface area (TPSA) is 84.1 Å². The molecule has 6 nitrogen and oxygen atoms in total. The first-order chi connectivity index (χ1) is 11.2. The average molecular weight is 311 g/mol. The highest BCUT2D eigenvalue weighted by atomic mass is 16.1. The molecule has 0 spiro atoms. The number of nitrogens with two attached hydrogens (primary N) is 1. The fraction of sp³-hybridized carbons (Fsp3) is 0.353. The highest BCUT2D eigenvalue weighted by molar-refractivity contribution is 5.81. The van der Waals surface area contributed by atoms with Gasteiger partial charge in [0.25, 0.3) is 0 Å². The monoisotopic (exact) mass is 311 g/mol. The van der Waals surface area contributed by atoms with Crippen molar-refractivity contribution in [1.29, 1.82) is 0 Å². The van der Waals surface area contributed by atoms with Crippen molar-refractivity contribution < 1.29 is 4.79 Å². The van der Waals surface area contributed by atoms with Gasteiger partial charge in [0.15, 0.2) is 0 Å². The number of aromatic nitrogens is 2. The summed E-state index contributed by atoms with van der Waals surface area (Å²) in [6, 6.07) is 8.94. The summed E-state index contributed by atoms with van der Waals surface area (Å²) >= 11 is 0. The number of anilines is 1. The minimum absolute atomic E-state index is 0.397. The molecule has 3 N–H and O–H groups in total. The molecule has 3 rings (SSSR count). The van der Waals surface area contributed by atoms with Gasteiger partial charge in [0.2, 0.25) is 11.9 Å². The fourth-order valence-corrected chi connectivity index (χ4v) is 2.77. The zero-order valence-electron chi connectivity index (χ0n) is 13.0. The van der Waals surface area contributed by atoms with E-state index >= 15 is 0 Å². The van der Waals surface area contributed by atoms with Crippen molar-refractivity contribution in [2.75, 3.05) is 18.0 Å². The molecule has 1 aromatic heterocycles. The first-order valence-electron chi connectivity index (χ1n) is 7.87. The maximum Gasteiger partial charge on any atom is 0.239 e. The number of hydrogen-bond acceptors (Lipinski definition) is 5. The Labute approximate surface area is 135 Å². The minimum Gasteiger partial charge on any atom is -0.368 e. The maximum atomic E-state index is 11.7. The van der Waals surface area contributed by atoms with Crippen LogP contribution in [0.4, 0.5) is 5.95 Å². The van der Waals surface area contributed by atoms with Gasteiger partial charge in [-0.2, -0.15) is 0 Å². The largest absolute Gasteiger partial charge is 0.368 e. The van der Waals surface area contributed by atoms with Crippen LogP contribution in [0.15, 0.2) is 42.7 Å². The van der Waals surface area contributed by atoms with E-state index in [0.29, 0.717) is 6.54 Å². The zero-order valence-corrected chi connectivity index (χ0v) is 13.0. The highest BCUT2D eigenvalue weighted by Gasteiger charge is 2.17. The lowest BCUT2D eigenvalue weighted by Crippen LogP contribution is -2.33. The van der Waals surface area contributed by atoms with Crippen LogP contribution >= 0.6 is 0 Å². The molecule has 0 bridgehead atoms. The lowest BCUT2D eigenvalue weighted by molar-refractivity contribution is -0.120. The smallest absolute Gasteiger partial charge is 0.239 e. The van der Waals surface area contributed by atoms with Gasteiger partial charge in [-0.15, -0.1) is 0 Å². The second-order valence-corrected chi connectivity index (χ2v) is 5.71. The van der Waals surface area contributed by atoms with Crippen molar-refractivity contribution in [3.63, 3.8) is 0 Å². The molecule has 23 heavy (non-hydrogen) atoms. The Balaban J connectivity index is 1.63. The van der Waals surface area contributed by atoms with Gasteiger partial charge >= 0.3 is 0 Å². The average Bonchev–Trinajstić information content (AvgIpc) is 3.11. The van der Waals surface area contributed by atoms with Crippen LogP contribution in [0, 0.1) is 0 Å². The van der Waals surface area contributed by atoms with Gasteiger partial charge in [-0.1, -0.05) is 30.3 Å². The Hall–Kier alpha value is -2.47. The van der Waals surface area contributed by atoms with Crippen LogP contribution in [0.2, 0.25) is 0 Å². The lowest BCUT2D eigenvalue weighted by Gasteiger charge is -2.17. The van der Waals surface area contributed by atoms with Crippen molar-refractivity contribution in [2.24, 2.45) is 5.73 Å². The molecule has 1 aliphatic heterocycles. The third-order valence-corrected chi connectivity index (χ3v) is 4.01. The predicted molar refractivity (Wildman–Crippen MR) is 88.7 cm³/mol. The van der Waals surface area contributed by atoms with Gasteiger partial charge in [0, 0.05) is 37.6 Å². The van der Waals surface area contributed by atoms with Crippen LogP contribution in [0.3, 0.4) is 0 Å². The normalized spacial score (nSPS) is 15.6. The molecule has 2 aromatic rings. The van der Waals surface area contributed by atoms with Gasteiger partial charge in [0.05, 0.1) is 0 Å². The van der Waals surface area contributed by atoms with Gasteiger partial charge in [-0.25, -0.2) is 9.97 Å². The second-order valence-electron chi connectivity index (χ2n) is 5.71. The van der Waals surface area contributed by atoms with Gasteiger partial charge in [-0.05, 0) is 18.4 Å². The third kappa shape index (κ3) is 3.84. The van der Waals surface area contributed by atoms with E-state index in [9.17, 15) is 4.79 Å². The molecule has 1 amide bonds. The van der Waals surface area contributed by atoms with E-state index in [0.717, 1.165) is 30.2 Å². The fourth-order valence-electron chi connectivity index (χ4n) is 2.77. The summed E-state index contributed by atoms with van der Waals surface area (Å²) in [6.45, 7) is 2.54. The summed E-state index contributed by atoms with van der Waals surface area (Å²) in [6.07, 6.45) is 6.00. The summed E-state index contributed by atoms with van der Waals surface area (Å²) in [5, 5.41) is 3.17. The van der Waals surface area contributed by atoms with E-state index in [4.69, 9.17) is 5.73 Å². The van der Waals surface area contributed by atoms with E-state index < -0.39 is 11.9 Å². The summed E-state index contributed by atoms with van der Waals surface area (Å²) in [5.41, 5.74) is 7.28. The molecule has 1 aliphatic rings. The van der Waals surface area contributed by atoms with Gasteiger partial charge < -0.3 is 10.6 Å². The number of hydrogen-bond donors (Lipinski definition) is 2. The van der Waals surface area contributed by atoms with Crippen molar-refractivity contribution in [3.8, 4) is 0 Å². The third-order valence-electron chi connectivity index (χ3n) is 4.01. The Kier molecular flexibility index (Phi) is 4.83. The number of primary amides is 1. The molecule has 0 aliphatic carbocycles. The number of carbonyl (C=O) groups is 1. The van der Waals surface area contributed by atoms with E-state index in [-0.39, 0.29) is 0 Å². The molecule has 1 atom stereocenters. The number of carbonyl (C=O) groups excluding carboxylic acids is 1. The quantitative estimate of drug-likeness (QED) is 0.842. The summed E-state index contributed by atoms with van der Waals surface area (Å²) in [5.74, 6) is 0.381. The number of amides is 1. The lowest BCUT2D eigenvalue weighted by atomic mass is 10.1. The minimum atomic E-state index is -0.519. The molecule has 1 saturated heterocycles. The van der Waals surface area contributed by atoms with Crippen LogP contribution in [-0.2, 0) is 11.3 Å². The molecule has 6 heteroatoms. The summed E-state index contributed by atoms with van der Waals surface area (Å²) < 4.78 is 0. The molecule has 120 valence electrons. The maximum absolute atomic E-state index is 11.7. The number of benzene rings is 1. The summed E-state index contributed by atoms with van der Waals surface area (Å²) in [7, 11) is 0. The molecule has 2 heterocycles. The zero-order chi connectivity index (χ0) is 16.1. The van der Waals surface area contributed by atoms with Crippen LogP contribution in [0.5, 0.6) is 0 Å². The van der Waals surface area contributed by atoms with Crippen molar-refractivity contribution in [3.05, 3.63) is 53.9 Å². The Morgan fingerprint density at radius 2 is 1.83 bits per heavy atom. The van der Waals surface area contributed by atoms with Crippen LogP contribution in [0.1, 0.15) is 30.0 Å². The first kappa shape index (κ1) is 15.4. The number of nitrogens with one attached hydrogen (secondary N) is 1. The van der Waals surface area contributed by atoms with Crippen LogP contribution in [0.25, 0.3) is 0 Å². The van der Waals surface area contributed by atoms with Crippen molar-refractivity contribution in [2.45, 2.75) is 25.4 Å². The van der Waals surface area contributed by atoms with Gasteiger partial charge in [0.1, 0.15) is 6.04 Å². The molecular weight excluding hydrogens is 290 g/mol. The molecule has 0 radical (unpaired) electrons. The molecule has 1 fully saturated rings. The van der Waals surface area contributed by atoms with Crippen LogP contribution in [-0.4, -0.2) is 29.0 Å². The summed E-state index contributed by atoms with van der Waals surface area (Å²) in [4.78, 5) is 22.7. The Morgan fingerprint density at radius 1 is 1.17 bits per heavy atom. The second kappa shape index (κ2) is 7.19. The first-order valence-corrected chi connectivity index (χ1v) is 7.87. The number of nitrogens with zero attached hydrogens (tertiary/aromatic N) is 3. The van der Waals surface area contributed by atoms with E-state index in [1.165, 1.54) is 12.8 Å². The number of rotatable bonds is 6. The van der Waals surface area contributed by atoms with E-state index in [1.54, 1.807) is 12.4 Å². The van der Waals surface area contributed by atoms with Crippen molar-refractivity contribution >= 4 is 11.9 Å². The van der Waals surface area contributed by atoms with E-state index in [2.05, 4.69) is 20.2 Å².